The van der Waals surface area contributed by atoms with E-state index < -0.39 is 0 Å². The highest BCUT2D eigenvalue weighted by Gasteiger charge is 2.10. The van der Waals surface area contributed by atoms with Crippen molar-refractivity contribution in [2.24, 2.45) is 5.41 Å². The molecule has 1 atom stereocenters. The van der Waals surface area contributed by atoms with Crippen LogP contribution in [0.25, 0.3) is 0 Å². The molecule has 0 rings (SSSR count). The van der Waals surface area contributed by atoms with Crippen LogP contribution >= 0.6 is 0 Å². The fraction of sp³-hybridized carbons (Fsp3) is 0.727. The molecule has 0 saturated carbocycles. The van der Waals surface area contributed by atoms with Crippen LogP contribution in [0.1, 0.15) is 34.1 Å². The van der Waals surface area contributed by atoms with Crippen molar-refractivity contribution in [1.82, 2.24) is 0 Å². The van der Waals surface area contributed by atoms with Crippen molar-refractivity contribution in [2.75, 3.05) is 7.11 Å². The van der Waals surface area contributed by atoms with Crippen LogP contribution in [0.5, 0.6) is 0 Å². The number of rotatable bonds is 3. The highest BCUT2D eigenvalue weighted by Crippen LogP contribution is 2.09. The second-order valence-corrected chi connectivity index (χ2v) is 4.07. The molecular weight excluding hydrogens is 164 g/mol. The van der Waals surface area contributed by atoms with E-state index in [0.717, 1.165) is 0 Å². The van der Waals surface area contributed by atoms with E-state index in [1.807, 2.05) is 20.8 Å². The Kier molecular flexibility index (Phi) is 4.72. The Balaban J connectivity index is 4.01. The first-order valence-corrected chi connectivity index (χ1v) is 4.42. The Morgan fingerprint density at radius 1 is 1.46 bits per heavy atom. The SMILES string of the molecule is COC(C)C(=O)CC#CC(C)(C)C. The van der Waals surface area contributed by atoms with Crippen LogP contribution in [0.15, 0.2) is 0 Å². The number of hydrogen-bond acceptors (Lipinski definition) is 2. The molecule has 0 aliphatic carbocycles. The van der Waals surface area contributed by atoms with E-state index >= 15 is 0 Å². The molecule has 0 aromatic heterocycles. The Bertz CT molecular complexity index is 225. The van der Waals surface area contributed by atoms with Gasteiger partial charge in [-0.3, -0.25) is 4.79 Å². The lowest BCUT2D eigenvalue weighted by Gasteiger charge is -2.07. The van der Waals surface area contributed by atoms with Crippen LogP contribution in [-0.4, -0.2) is 19.0 Å². The second kappa shape index (κ2) is 5.04. The lowest BCUT2D eigenvalue weighted by molar-refractivity contribution is -0.126. The minimum absolute atomic E-state index is 0.0312. The van der Waals surface area contributed by atoms with Crippen LogP contribution in [0, 0.1) is 17.3 Å². The van der Waals surface area contributed by atoms with E-state index in [9.17, 15) is 4.79 Å². The minimum atomic E-state index is -0.339. The summed E-state index contributed by atoms with van der Waals surface area (Å²) in [6, 6.07) is 0. The smallest absolute Gasteiger partial charge is 0.173 e. The second-order valence-electron chi connectivity index (χ2n) is 4.07. The largest absolute Gasteiger partial charge is 0.374 e. The molecular formula is C11H18O2. The van der Waals surface area contributed by atoms with Crippen molar-refractivity contribution in [1.29, 1.82) is 0 Å². The van der Waals surface area contributed by atoms with Crippen LogP contribution in [0.4, 0.5) is 0 Å². The molecule has 13 heavy (non-hydrogen) atoms. The van der Waals surface area contributed by atoms with Gasteiger partial charge in [0.1, 0.15) is 6.10 Å². The molecule has 0 heterocycles. The average molecular weight is 182 g/mol. The van der Waals surface area contributed by atoms with Gasteiger partial charge in [0.05, 0.1) is 6.42 Å². The summed E-state index contributed by atoms with van der Waals surface area (Å²) in [6.45, 7) is 7.79. The molecule has 0 aliphatic rings. The maximum Gasteiger partial charge on any atom is 0.173 e. The summed E-state index contributed by atoms with van der Waals surface area (Å²) in [5.41, 5.74) is -0.0312. The van der Waals surface area contributed by atoms with Gasteiger partial charge in [-0.2, -0.15) is 0 Å². The van der Waals surface area contributed by atoms with E-state index in [0.29, 0.717) is 0 Å². The van der Waals surface area contributed by atoms with Gasteiger partial charge in [0.2, 0.25) is 0 Å². The van der Waals surface area contributed by atoms with Crippen molar-refractivity contribution >= 4 is 5.78 Å². The Labute approximate surface area is 80.7 Å². The maximum atomic E-state index is 11.2. The number of methoxy groups -OCH3 is 1. The fourth-order valence-corrected chi connectivity index (χ4v) is 0.672. The molecule has 0 aromatic carbocycles. The first-order valence-electron chi connectivity index (χ1n) is 4.42. The summed E-state index contributed by atoms with van der Waals surface area (Å²) in [5, 5.41) is 0. The molecule has 0 spiro atoms. The van der Waals surface area contributed by atoms with Crippen molar-refractivity contribution in [3.63, 3.8) is 0 Å². The standard InChI is InChI=1S/C11H18O2/c1-9(13-5)10(12)7-6-8-11(2,3)4/h9H,7H2,1-5H3. The monoisotopic (exact) mass is 182 g/mol. The predicted molar refractivity (Wildman–Crippen MR) is 53.3 cm³/mol. The first kappa shape index (κ1) is 12.2. The van der Waals surface area contributed by atoms with E-state index in [4.69, 9.17) is 4.74 Å². The van der Waals surface area contributed by atoms with E-state index in [1.165, 1.54) is 7.11 Å². The van der Waals surface area contributed by atoms with Gasteiger partial charge in [0.25, 0.3) is 0 Å². The number of hydrogen-bond donors (Lipinski definition) is 0. The number of carbonyl (C=O) groups excluding carboxylic acids is 1. The van der Waals surface area contributed by atoms with Gasteiger partial charge < -0.3 is 4.74 Å². The first-order chi connectivity index (χ1) is 5.87. The molecule has 74 valence electrons. The zero-order chi connectivity index (χ0) is 10.5. The third-order valence-corrected chi connectivity index (χ3v) is 1.53. The van der Waals surface area contributed by atoms with Crippen LogP contribution in [-0.2, 0) is 9.53 Å². The van der Waals surface area contributed by atoms with Crippen molar-refractivity contribution in [3.8, 4) is 11.8 Å². The molecule has 2 heteroatoms. The van der Waals surface area contributed by atoms with Gasteiger partial charge in [0.15, 0.2) is 5.78 Å². The van der Waals surface area contributed by atoms with Crippen molar-refractivity contribution in [2.45, 2.75) is 40.2 Å². The highest BCUT2D eigenvalue weighted by molar-refractivity contribution is 5.84. The van der Waals surface area contributed by atoms with E-state index in [-0.39, 0.29) is 23.7 Å². The summed E-state index contributed by atoms with van der Waals surface area (Å²) in [5.74, 6) is 5.91. The summed E-state index contributed by atoms with van der Waals surface area (Å²) in [6.07, 6.45) is -0.0546. The maximum absolute atomic E-state index is 11.2. The lowest BCUT2D eigenvalue weighted by atomic mass is 9.97. The van der Waals surface area contributed by atoms with E-state index in [1.54, 1.807) is 6.92 Å². The van der Waals surface area contributed by atoms with Gasteiger partial charge >= 0.3 is 0 Å². The third-order valence-electron chi connectivity index (χ3n) is 1.53. The minimum Gasteiger partial charge on any atom is -0.374 e. The summed E-state index contributed by atoms with van der Waals surface area (Å²) in [7, 11) is 1.53. The molecule has 0 saturated heterocycles. The Hall–Kier alpha value is -0.810. The molecule has 0 fully saturated rings. The Morgan fingerprint density at radius 3 is 2.38 bits per heavy atom. The van der Waals surface area contributed by atoms with Gasteiger partial charge in [-0.1, -0.05) is 11.8 Å². The Morgan fingerprint density at radius 2 is 2.00 bits per heavy atom. The fourth-order valence-electron chi connectivity index (χ4n) is 0.672. The molecule has 0 bridgehead atoms. The topological polar surface area (TPSA) is 26.3 Å². The van der Waals surface area contributed by atoms with Gasteiger partial charge in [-0.05, 0) is 27.7 Å². The predicted octanol–water partition coefficient (Wildman–Crippen LogP) is 2.03. The summed E-state index contributed by atoms with van der Waals surface area (Å²) < 4.78 is 4.88. The normalized spacial score (nSPS) is 13.0. The summed E-state index contributed by atoms with van der Waals surface area (Å²) >= 11 is 0. The molecule has 2 nitrogen and oxygen atoms in total. The molecule has 0 N–H and O–H groups in total. The van der Waals surface area contributed by atoms with Gasteiger partial charge in [-0.15, -0.1) is 0 Å². The number of ether oxygens (including phenoxy) is 1. The molecule has 1 unspecified atom stereocenters. The van der Waals surface area contributed by atoms with Crippen molar-refractivity contribution in [3.05, 3.63) is 0 Å². The quantitative estimate of drug-likeness (QED) is 0.624. The number of Topliss-reactive ketones (excluding diaryl/α,β-unsaturated/α-hetero) is 1. The summed E-state index contributed by atoms with van der Waals surface area (Å²) in [4.78, 5) is 11.2. The molecule has 0 aromatic rings. The van der Waals surface area contributed by atoms with Crippen LogP contribution < -0.4 is 0 Å². The molecule has 0 aliphatic heterocycles. The van der Waals surface area contributed by atoms with Crippen LogP contribution in [0.2, 0.25) is 0 Å². The highest BCUT2D eigenvalue weighted by atomic mass is 16.5. The zero-order valence-electron chi connectivity index (χ0n) is 9.10. The zero-order valence-corrected chi connectivity index (χ0v) is 9.10. The number of ketones is 1. The average Bonchev–Trinajstić information content (AvgIpc) is 2.00. The third kappa shape index (κ3) is 6.36. The molecule has 0 amide bonds. The molecule has 0 radical (unpaired) electrons. The lowest BCUT2D eigenvalue weighted by Crippen LogP contribution is -2.18. The van der Waals surface area contributed by atoms with Crippen LogP contribution in [0.3, 0.4) is 0 Å². The number of carbonyl (C=O) groups is 1. The van der Waals surface area contributed by atoms with Gasteiger partial charge in [0, 0.05) is 12.5 Å². The van der Waals surface area contributed by atoms with Crippen molar-refractivity contribution < 1.29 is 9.53 Å². The van der Waals surface area contributed by atoms with E-state index in [2.05, 4.69) is 11.8 Å². The van der Waals surface area contributed by atoms with Gasteiger partial charge in [-0.25, -0.2) is 0 Å².